The molecule has 0 radical (unpaired) electrons. The van der Waals surface area contributed by atoms with Crippen molar-refractivity contribution < 1.29 is 4.79 Å². The largest absolute Gasteiger partial charge is 0.344 e. The van der Waals surface area contributed by atoms with Gasteiger partial charge in [0.25, 0.3) is 0 Å². The van der Waals surface area contributed by atoms with Crippen LogP contribution in [0.5, 0.6) is 0 Å². The van der Waals surface area contributed by atoms with E-state index in [2.05, 4.69) is 28.8 Å². The smallest absolute Gasteiger partial charge is 0.226 e. The van der Waals surface area contributed by atoms with Crippen molar-refractivity contribution in [2.24, 2.45) is 5.92 Å². The van der Waals surface area contributed by atoms with Gasteiger partial charge in [0.2, 0.25) is 5.91 Å². The van der Waals surface area contributed by atoms with E-state index in [-0.39, 0.29) is 17.9 Å². The number of hydrogen-bond donors (Lipinski definition) is 2. The Labute approximate surface area is 116 Å². The lowest BCUT2D eigenvalue weighted by Gasteiger charge is -2.28. The highest BCUT2D eigenvalue weighted by molar-refractivity contribution is 7.10. The molecule has 1 aromatic heterocycles. The van der Waals surface area contributed by atoms with E-state index < -0.39 is 0 Å². The van der Waals surface area contributed by atoms with Gasteiger partial charge in [0, 0.05) is 18.0 Å². The number of rotatable bonds is 4. The van der Waals surface area contributed by atoms with Crippen molar-refractivity contribution in [3.63, 3.8) is 0 Å². The molecule has 3 nitrogen and oxygen atoms in total. The van der Waals surface area contributed by atoms with Crippen LogP contribution in [0, 0.1) is 5.92 Å². The van der Waals surface area contributed by atoms with Gasteiger partial charge in [0.1, 0.15) is 0 Å². The molecule has 1 atom stereocenters. The lowest BCUT2D eigenvalue weighted by atomic mass is 10.00. The summed E-state index contributed by atoms with van der Waals surface area (Å²) in [5.41, 5.74) is 1.13. The van der Waals surface area contributed by atoms with E-state index >= 15 is 0 Å². The van der Waals surface area contributed by atoms with E-state index in [0.717, 1.165) is 18.7 Å². The summed E-state index contributed by atoms with van der Waals surface area (Å²) in [6.45, 7) is 1.58. The van der Waals surface area contributed by atoms with Gasteiger partial charge in [-0.1, -0.05) is 36.4 Å². The maximum atomic E-state index is 12.2. The molecule has 1 aromatic carbocycles. The molecular weight excluding hydrogens is 256 g/mol. The van der Waals surface area contributed by atoms with Crippen LogP contribution in [-0.2, 0) is 4.79 Å². The minimum atomic E-state index is -0.0331. The van der Waals surface area contributed by atoms with Gasteiger partial charge >= 0.3 is 0 Å². The molecule has 1 aliphatic heterocycles. The first-order chi connectivity index (χ1) is 9.34. The van der Waals surface area contributed by atoms with Gasteiger partial charge in [-0.3, -0.25) is 4.79 Å². The van der Waals surface area contributed by atoms with E-state index in [1.54, 1.807) is 11.3 Å². The topological polar surface area (TPSA) is 41.1 Å². The number of carbonyl (C=O) groups excluding carboxylic acids is 1. The van der Waals surface area contributed by atoms with E-state index in [4.69, 9.17) is 0 Å². The fourth-order valence-electron chi connectivity index (χ4n) is 2.15. The number of carbonyl (C=O) groups is 1. The first kappa shape index (κ1) is 12.4. The molecule has 0 bridgehead atoms. The van der Waals surface area contributed by atoms with Gasteiger partial charge in [0.05, 0.1) is 12.0 Å². The molecule has 2 aromatic rings. The van der Waals surface area contributed by atoms with Crippen LogP contribution >= 0.6 is 11.3 Å². The molecule has 0 saturated carbocycles. The molecule has 1 saturated heterocycles. The fraction of sp³-hybridized carbons (Fsp3) is 0.267. The van der Waals surface area contributed by atoms with Crippen molar-refractivity contribution in [2.45, 2.75) is 6.04 Å². The standard InChI is InChI=1S/C15H16N2OS/c18-15(12-9-16-10-12)17-14(13-7-4-8-19-13)11-5-2-1-3-6-11/h1-8,12,14,16H,9-10H2,(H,17,18). The number of hydrogen-bond acceptors (Lipinski definition) is 3. The summed E-state index contributed by atoms with van der Waals surface area (Å²) < 4.78 is 0. The van der Waals surface area contributed by atoms with E-state index in [1.165, 1.54) is 4.88 Å². The molecule has 1 fully saturated rings. The molecule has 4 heteroatoms. The molecule has 0 aliphatic carbocycles. The van der Waals surface area contributed by atoms with Crippen molar-refractivity contribution in [3.8, 4) is 0 Å². The number of amides is 1. The van der Waals surface area contributed by atoms with Crippen molar-refractivity contribution in [1.29, 1.82) is 0 Å². The minimum Gasteiger partial charge on any atom is -0.344 e. The highest BCUT2D eigenvalue weighted by Crippen LogP contribution is 2.26. The minimum absolute atomic E-state index is 0.0331. The molecule has 2 N–H and O–H groups in total. The number of nitrogens with one attached hydrogen (secondary N) is 2. The first-order valence-corrected chi connectivity index (χ1v) is 7.32. The predicted octanol–water partition coefficient (Wildman–Crippen LogP) is 2.17. The molecule has 0 spiro atoms. The zero-order valence-corrected chi connectivity index (χ0v) is 11.3. The van der Waals surface area contributed by atoms with Gasteiger partial charge in [-0.2, -0.15) is 0 Å². The van der Waals surface area contributed by atoms with Gasteiger partial charge in [-0.05, 0) is 17.0 Å². The molecule has 1 amide bonds. The fourth-order valence-corrected chi connectivity index (χ4v) is 2.96. The predicted molar refractivity (Wildman–Crippen MR) is 77.1 cm³/mol. The lowest BCUT2D eigenvalue weighted by Crippen LogP contribution is -2.51. The van der Waals surface area contributed by atoms with Gasteiger partial charge in [-0.15, -0.1) is 11.3 Å². The van der Waals surface area contributed by atoms with Crippen LogP contribution in [0.2, 0.25) is 0 Å². The van der Waals surface area contributed by atoms with Gasteiger partial charge in [0.15, 0.2) is 0 Å². The van der Waals surface area contributed by atoms with E-state index in [1.807, 2.05) is 29.6 Å². The van der Waals surface area contributed by atoms with Crippen LogP contribution < -0.4 is 10.6 Å². The Morgan fingerprint density at radius 2 is 2.00 bits per heavy atom. The molecule has 3 rings (SSSR count). The Hall–Kier alpha value is -1.65. The summed E-state index contributed by atoms with van der Waals surface area (Å²) in [4.78, 5) is 13.3. The van der Waals surface area contributed by atoms with E-state index in [9.17, 15) is 4.79 Å². The average molecular weight is 272 g/mol. The maximum Gasteiger partial charge on any atom is 0.226 e. The molecule has 1 unspecified atom stereocenters. The Morgan fingerprint density at radius 3 is 2.58 bits per heavy atom. The summed E-state index contributed by atoms with van der Waals surface area (Å²) in [5.74, 6) is 0.257. The third-order valence-electron chi connectivity index (χ3n) is 3.40. The summed E-state index contributed by atoms with van der Waals surface area (Å²) in [5, 5.41) is 8.34. The van der Waals surface area contributed by atoms with Crippen LogP contribution in [0.25, 0.3) is 0 Å². The maximum absolute atomic E-state index is 12.2. The Kier molecular flexibility index (Phi) is 3.62. The van der Waals surface area contributed by atoms with Crippen LogP contribution in [-0.4, -0.2) is 19.0 Å². The summed E-state index contributed by atoms with van der Waals surface area (Å²) >= 11 is 1.67. The highest BCUT2D eigenvalue weighted by Gasteiger charge is 2.27. The molecule has 98 valence electrons. The third-order valence-corrected chi connectivity index (χ3v) is 4.34. The average Bonchev–Trinajstić information content (AvgIpc) is 2.88. The summed E-state index contributed by atoms with van der Waals surface area (Å²) in [7, 11) is 0. The van der Waals surface area contributed by atoms with Crippen molar-refractivity contribution in [1.82, 2.24) is 10.6 Å². The monoisotopic (exact) mass is 272 g/mol. The number of thiophene rings is 1. The second-order valence-corrected chi connectivity index (χ2v) is 5.70. The normalized spacial score (nSPS) is 16.6. The Bertz CT molecular complexity index is 535. The highest BCUT2D eigenvalue weighted by atomic mass is 32.1. The quantitative estimate of drug-likeness (QED) is 0.895. The zero-order valence-electron chi connectivity index (χ0n) is 10.5. The Morgan fingerprint density at radius 1 is 1.21 bits per heavy atom. The van der Waals surface area contributed by atoms with Gasteiger partial charge in [-0.25, -0.2) is 0 Å². The van der Waals surface area contributed by atoms with Gasteiger partial charge < -0.3 is 10.6 Å². The van der Waals surface area contributed by atoms with Crippen LogP contribution in [0.3, 0.4) is 0 Å². The number of benzene rings is 1. The second kappa shape index (κ2) is 5.55. The van der Waals surface area contributed by atoms with Crippen LogP contribution in [0.15, 0.2) is 47.8 Å². The van der Waals surface area contributed by atoms with Crippen molar-refractivity contribution >= 4 is 17.2 Å². The summed E-state index contributed by atoms with van der Waals surface area (Å²) in [6.07, 6.45) is 0. The third kappa shape index (κ3) is 2.69. The molecule has 1 aliphatic rings. The van der Waals surface area contributed by atoms with Crippen molar-refractivity contribution in [2.75, 3.05) is 13.1 Å². The van der Waals surface area contributed by atoms with Crippen molar-refractivity contribution in [3.05, 3.63) is 58.3 Å². The molecule has 19 heavy (non-hydrogen) atoms. The van der Waals surface area contributed by atoms with E-state index in [0.29, 0.717) is 0 Å². The zero-order chi connectivity index (χ0) is 13.1. The molecular formula is C15H16N2OS. The molecule has 2 heterocycles. The van der Waals surface area contributed by atoms with Crippen LogP contribution in [0.4, 0.5) is 0 Å². The second-order valence-electron chi connectivity index (χ2n) is 4.72. The van der Waals surface area contributed by atoms with Crippen LogP contribution in [0.1, 0.15) is 16.5 Å². The summed E-state index contributed by atoms with van der Waals surface area (Å²) in [6, 6.07) is 14.2. The lowest BCUT2D eigenvalue weighted by molar-refractivity contribution is -0.126. The SMILES string of the molecule is O=C(NC(c1ccccc1)c1cccs1)C1CNC1. The first-order valence-electron chi connectivity index (χ1n) is 6.44. The Balaban J connectivity index is 1.82.